The number of benzene rings is 1. The van der Waals surface area contributed by atoms with Gasteiger partial charge in [0.1, 0.15) is 0 Å². The van der Waals surface area contributed by atoms with E-state index in [-0.39, 0.29) is 5.89 Å². The third kappa shape index (κ3) is 2.21. The van der Waals surface area contributed by atoms with Gasteiger partial charge >= 0.3 is 11.9 Å². The molecule has 16 heavy (non-hydrogen) atoms. The van der Waals surface area contributed by atoms with Crippen LogP contribution in [-0.4, -0.2) is 23.2 Å². The van der Waals surface area contributed by atoms with Crippen molar-refractivity contribution in [3.05, 3.63) is 33.7 Å². The van der Waals surface area contributed by atoms with Gasteiger partial charge in [0.05, 0.1) is 7.11 Å². The number of carbonyl (C=O) groups is 1. The van der Waals surface area contributed by atoms with Gasteiger partial charge < -0.3 is 9.26 Å². The molecule has 0 aliphatic carbocycles. The molecule has 1 heterocycles. The van der Waals surface area contributed by atoms with E-state index in [1.54, 1.807) is 0 Å². The number of esters is 1. The fraction of sp³-hybridized carbons (Fsp3) is 0.100. The van der Waals surface area contributed by atoms with Crippen LogP contribution < -0.4 is 0 Å². The Morgan fingerprint density at radius 1 is 1.38 bits per heavy atom. The zero-order valence-electron chi connectivity index (χ0n) is 8.31. The first-order chi connectivity index (χ1) is 7.70. The van der Waals surface area contributed by atoms with E-state index < -0.39 is 5.97 Å². The van der Waals surface area contributed by atoms with Gasteiger partial charge in [-0.2, -0.15) is 4.98 Å². The van der Waals surface area contributed by atoms with Crippen LogP contribution >= 0.6 is 22.6 Å². The number of methoxy groups -OCH3 is 1. The average Bonchev–Trinajstić information content (AvgIpc) is 2.78. The van der Waals surface area contributed by atoms with Gasteiger partial charge in [-0.05, 0) is 34.7 Å². The van der Waals surface area contributed by atoms with Gasteiger partial charge in [-0.3, -0.25) is 0 Å². The Kier molecular flexibility index (Phi) is 3.18. The summed E-state index contributed by atoms with van der Waals surface area (Å²) in [5.74, 6) is -0.405. The van der Waals surface area contributed by atoms with Crippen LogP contribution in [0.3, 0.4) is 0 Å². The second-order valence-corrected chi connectivity index (χ2v) is 4.17. The van der Waals surface area contributed by atoms with E-state index in [0.717, 1.165) is 9.13 Å². The molecule has 0 bridgehead atoms. The minimum absolute atomic E-state index is 0.143. The average molecular weight is 330 g/mol. The van der Waals surface area contributed by atoms with Crippen LogP contribution in [0, 0.1) is 3.57 Å². The van der Waals surface area contributed by atoms with Gasteiger partial charge in [0.25, 0.3) is 0 Å². The number of halogens is 1. The Labute approximate surface area is 105 Å². The molecule has 1 aromatic heterocycles. The number of hydrogen-bond donors (Lipinski definition) is 0. The molecule has 0 saturated carbocycles. The zero-order chi connectivity index (χ0) is 11.5. The van der Waals surface area contributed by atoms with Gasteiger partial charge in [0, 0.05) is 9.13 Å². The third-order valence-electron chi connectivity index (χ3n) is 1.89. The molecule has 5 nitrogen and oxygen atoms in total. The van der Waals surface area contributed by atoms with E-state index in [4.69, 9.17) is 4.52 Å². The van der Waals surface area contributed by atoms with E-state index in [2.05, 4.69) is 37.5 Å². The summed E-state index contributed by atoms with van der Waals surface area (Å²) in [5.41, 5.74) is 0.791. The molecule has 0 aliphatic rings. The lowest BCUT2D eigenvalue weighted by Crippen LogP contribution is -2.00. The molecular weight excluding hydrogens is 323 g/mol. The topological polar surface area (TPSA) is 65.2 Å². The van der Waals surface area contributed by atoms with E-state index in [9.17, 15) is 4.79 Å². The Morgan fingerprint density at radius 2 is 2.06 bits per heavy atom. The summed E-state index contributed by atoms with van der Waals surface area (Å²) in [5, 5.41) is 3.70. The predicted octanol–water partition coefficient (Wildman–Crippen LogP) is 2.13. The minimum Gasteiger partial charge on any atom is -0.462 e. The zero-order valence-corrected chi connectivity index (χ0v) is 10.5. The van der Waals surface area contributed by atoms with E-state index in [1.165, 1.54) is 7.11 Å². The molecule has 6 heteroatoms. The Bertz CT molecular complexity index is 507. The number of ether oxygens (including phenoxy) is 1. The highest BCUT2D eigenvalue weighted by Crippen LogP contribution is 2.17. The summed E-state index contributed by atoms with van der Waals surface area (Å²) >= 11 is 2.20. The lowest BCUT2D eigenvalue weighted by molar-refractivity contribution is 0.0545. The second-order valence-electron chi connectivity index (χ2n) is 2.92. The van der Waals surface area contributed by atoms with Crippen molar-refractivity contribution >= 4 is 28.6 Å². The van der Waals surface area contributed by atoms with Crippen LogP contribution in [0.1, 0.15) is 10.7 Å². The van der Waals surface area contributed by atoms with E-state index in [1.807, 2.05) is 24.3 Å². The molecule has 2 rings (SSSR count). The third-order valence-corrected chi connectivity index (χ3v) is 2.61. The first kappa shape index (κ1) is 11.1. The van der Waals surface area contributed by atoms with Crippen LogP contribution in [0.15, 0.2) is 28.8 Å². The quantitative estimate of drug-likeness (QED) is 0.623. The molecule has 0 unspecified atom stereocenters. The first-order valence-electron chi connectivity index (χ1n) is 4.38. The first-order valence-corrected chi connectivity index (χ1v) is 5.46. The SMILES string of the molecule is COC(=O)c1nc(-c2ccc(I)cc2)no1. The fourth-order valence-corrected chi connectivity index (χ4v) is 1.47. The van der Waals surface area contributed by atoms with Crippen molar-refractivity contribution in [2.45, 2.75) is 0 Å². The number of rotatable bonds is 2. The van der Waals surface area contributed by atoms with Crippen molar-refractivity contribution < 1.29 is 14.1 Å². The van der Waals surface area contributed by atoms with Crippen molar-refractivity contribution in [2.75, 3.05) is 7.11 Å². The highest BCUT2D eigenvalue weighted by atomic mass is 127. The number of aromatic nitrogens is 2. The van der Waals surface area contributed by atoms with Crippen LogP contribution in [-0.2, 0) is 4.74 Å². The summed E-state index contributed by atoms with van der Waals surface area (Å²) in [6.07, 6.45) is 0. The summed E-state index contributed by atoms with van der Waals surface area (Å²) in [6.45, 7) is 0. The Balaban J connectivity index is 2.31. The number of carbonyl (C=O) groups excluding carboxylic acids is 1. The molecule has 0 atom stereocenters. The van der Waals surface area contributed by atoms with E-state index >= 15 is 0 Å². The van der Waals surface area contributed by atoms with Crippen molar-refractivity contribution in [1.29, 1.82) is 0 Å². The second kappa shape index (κ2) is 4.60. The van der Waals surface area contributed by atoms with Crippen molar-refractivity contribution in [2.24, 2.45) is 0 Å². The van der Waals surface area contributed by atoms with Gasteiger partial charge in [-0.25, -0.2) is 4.79 Å². The molecule has 82 valence electrons. The molecule has 1 aromatic carbocycles. The summed E-state index contributed by atoms with van der Waals surface area (Å²) in [7, 11) is 1.26. The van der Waals surface area contributed by atoms with Crippen molar-refractivity contribution in [3.63, 3.8) is 0 Å². The maximum Gasteiger partial charge on any atom is 0.397 e. The van der Waals surface area contributed by atoms with Gasteiger partial charge in [0.2, 0.25) is 5.82 Å². The normalized spacial score (nSPS) is 10.1. The van der Waals surface area contributed by atoms with E-state index in [0.29, 0.717) is 5.82 Å². The molecule has 0 aliphatic heterocycles. The fourth-order valence-electron chi connectivity index (χ4n) is 1.11. The standard InChI is InChI=1S/C10H7IN2O3/c1-15-10(14)9-12-8(13-16-9)6-2-4-7(11)5-3-6/h2-5H,1H3. The minimum atomic E-state index is -0.635. The Morgan fingerprint density at radius 3 is 2.69 bits per heavy atom. The smallest absolute Gasteiger partial charge is 0.397 e. The molecule has 0 N–H and O–H groups in total. The molecule has 0 saturated heterocycles. The van der Waals surface area contributed by atoms with Gasteiger partial charge in [-0.15, -0.1) is 0 Å². The monoisotopic (exact) mass is 330 g/mol. The predicted molar refractivity (Wildman–Crippen MR) is 63.8 cm³/mol. The van der Waals surface area contributed by atoms with Crippen LogP contribution in [0.25, 0.3) is 11.4 Å². The largest absolute Gasteiger partial charge is 0.462 e. The molecule has 0 radical (unpaired) electrons. The molecular formula is C10H7IN2O3. The van der Waals surface area contributed by atoms with Crippen LogP contribution in [0.5, 0.6) is 0 Å². The highest BCUT2D eigenvalue weighted by molar-refractivity contribution is 14.1. The highest BCUT2D eigenvalue weighted by Gasteiger charge is 2.15. The molecule has 0 fully saturated rings. The van der Waals surface area contributed by atoms with Crippen molar-refractivity contribution in [3.8, 4) is 11.4 Å². The molecule has 0 spiro atoms. The maximum atomic E-state index is 11.1. The lowest BCUT2D eigenvalue weighted by atomic mass is 10.2. The maximum absolute atomic E-state index is 11.1. The van der Waals surface area contributed by atoms with Crippen LogP contribution in [0.2, 0.25) is 0 Å². The molecule has 0 amide bonds. The van der Waals surface area contributed by atoms with Crippen LogP contribution in [0.4, 0.5) is 0 Å². The summed E-state index contributed by atoms with van der Waals surface area (Å²) in [4.78, 5) is 15.0. The Hall–Kier alpha value is -1.44. The summed E-state index contributed by atoms with van der Waals surface area (Å²) < 4.78 is 10.3. The van der Waals surface area contributed by atoms with Gasteiger partial charge in [-0.1, -0.05) is 17.3 Å². The summed E-state index contributed by atoms with van der Waals surface area (Å²) in [6, 6.07) is 7.55. The lowest BCUT2D eigenvalue weighted by Gasteiger charge is -1.93. The molecule has 2 aromatic rings. The van der Waals surface area contributed by atoms with Crippen molar-refractivity contribution in [1.82, 2.24) is 10.1 Å². The number of hydrogen-bond acceptors (Lipinski definition) is 5. The van der Waals surface area contributed by atoms with Gasteiger partial charge in [0.15, 0.2) is 0 Å². The number of nitrogens with zero attached hydrogens (tertiary/aromatic N) is 2.